The van der Waals surface area contributed by atoms with Crippen LogP contribution in [-0.2, 0) is 19.1 Å². The van der Waals surface area contributed by atoms with E-state index in [1.54, 1.807) is 0 Å². The van der Waals surface area contributed by atoms with Gasteiger partial charge < -0.3 is 24.8 Å². The molecule has 0 spiro atoms. The highest BCUT2D eigenvalue weighted by atomic mass is 16.6. The Kier molecular flexibility index (Phi) is 22.7. The highest BCUT2D eigenvalue weighted by molar-refractivity contribution is 5.74. The van der Waals surface area contributed by atoms with Crippen LogP contribution < -0.4 is 0 Å². The highest BCUT2D eigenvalue weighted by Gasteiger charge is 2.20. The number of hydrogen-bond acceptors (Lipinski definition) is 7. The fraction of sp³-hybridized carbons (Fsp3) is 0.926. The lowest BCUT2D eigenvalue weighted by molar-refractivity contribution is -0.162. The molecule has 0 aromatic heterocycles. The van der Waals surface area contributed by atoms with E-state index in [-0.39, 0.29) is 13.2 Å². The van der Waals surface area contributed by atoms with Gasteiger partial charge in [-0.15, -0.1) is 0 Å². The maximum Gasteiger partial charge on any atom is 0.335 e. The summed E-state index contributed by atoms with van der Waals surface area (Å²) in [6.45, 7) is 3.65. The minimum Gasteiger partial charge on any atom is -0.461 e. The topological polar surface area (TPSA) is 113 Å². The van der Waals surface area contributed by atoms with Crippen LogP contribution in [0.2, 0.25) is 0 Å². The molecule has 0 aliphatic carbocycles. The molecule has 0 bridgehead atoms. The molecule has 7 nitrogen and oxygen atoms in total. The zero-order valence-electron chi connectivity index (χ0n) is 21.8. The first-order valence-electron chi connectivity index (χ1n) is 13.8. The summed E-state index contributed by atoms with van der Waals surface area (Å²) >= 11 is 0. The average molecular weight is 489 g/mol. The van der Waals surface area contributed by atoms with Gasteiger partial charge in [0.2, 0.25) is 0 Å². The molecule has 0 aliphatic rings. The molecule has 0 aliphatic heterocycles. The van der Waals surface area contributed by atoms with Crippen LogP contribution in [0.5, 0.6) is 0 Å². The number of esters is 2. The SMILES string of the molecule is CCCCCCCCCCC(O)C(=O)OCC(O)COC(=O)C(O)CCCCCCCCCC. The van der Waals surface area contributed by atoms with Gasteiger partial charge in [-0.2, -0.15) is 0 Å². The third kappa shape index (κ3) is 20.2. The quantitative estimate of drug-likeness (QED) is 0.126. The molecule has 34 heavy (non-hydrogen) atoms. The van der Waals surface area contributed by atoms with E-state index in [0.717, 1.165) is 38.5 Å². The molecular formula is C27H52O7. The van der Waals surface area contributed by atoms with Gasteiger partial charge in [-0.3, -0.25) is 0 Å². The number of carbonyl (C=O) groups is 2. The standard InChI is InChI=1S/C27H52O7/c1-3-5-7-9-11-13-15-17-19-24(29)26(31)33-21-23(28)22-34-27(32)25(30)20-18-16-14-12-10-8-6-4-2/h23-25,28-30H,3-22H2,1-2H3. The fourth-order valence-electron chi connectivity index (χ4n) is 3.78. The van der Waals surface area contributed by atoms with Crippen molar-refractivity contribution in [3.8, 4) is 0 Å². The number of aliphatic hydroxyl groups excluding tert-OH is 3. The maximum atomic E-state index is 11.8. The molecule has 2 atom stereocenters. The van der Waals surface area contributed by atoms with Crippen LogP contribution in [0.15, 0.2) is 0 Å². The normalized spacial score (nSPS) is 13.9. The second-order valence-corrected chi connectivity index (χ2v) is 9.47. The third-order valence-electron chi connectivity index (χ3n) is 6.04. The van der Waals surface area contributed by atoms with E-state index in [1.807, 2.05) is 0 Å². The Labute approximate surface area is 207 Å². The van der Waals surface area contributed by atoms with Crippen molar-refractivity contribution in [3.05, 3.63) is 0 Å². The van der Waals surface area contributed by atoms with Gasteiger partial charge >= 0.3 is 11.9 Å². The van der Waals surface area contributed by atoms with Crippen LogP contribution in [0.4, 0.5) is 0 Å². The molecule has 7 heteroatoms. The average Bonchev–Trinajstić information content (AvgIpc) is 2.83. The van der Waals surface area contributed by atoms with E-state index in [2.05, 4.69) is 13.8 Å². The number of unbranched alkanes of at least 4 members (excludes halogenated alkanes) is 14. The molecule has 0 saturated heterocycles. The molecule has 0 fully saturated rings. The van der Waals surface area contributed by atoms with Crippen LogP contribution >= 0.6 is 0 Å². The van der Waals surface area contributed by atoms with Crippen molar-refractivity contribution in [1.29, 1.82) is 0 Å². The van der Waals surface area contributed by atoms with E-state index >= 15 is 0 Å². The Hall–Kier alpha value is -1.18. The Morgan fingerprint density at radius 2 is 0.824 bits per heavy atom. The molecule has 0 amide bonds. The summed E-state index contributed by atoms with van der Waals surface area (Å²) in [5.74, 6) is -1.55. The van der Waals surface area contributed by atoms with Gasteiger partial charge in [0.05, 0.1) is 0 Å². The van der Waals surface area contributed by atoms with Gasteiger partial charge in [-0.1, -0.05) is 117 Å². The number of aliphatic hydroxyl groups is 3. The molecule has 0 rings (SSSR count). The van der Waals surface area contributed by atoms with Gasteiger partial charge in [0.25, 0.3) is 0 Å². The van der Waals surface area contributed by atoms with E-state index in [1.165, 1.54) is 64.2 Å². The largest absolute Gasteiger partial charge is 0.461 e. The molecular weight excluding hydrogens is 436 g/mol. The summed E-state index contributed by atoms with van der Waals surface area (Å²) in [7, 11) is 0. The number of carbonyl (C=O) groups excluding carboxylic acids is 2. The van der Waals surface area contributed by atoms with Crippen molar-refractivity contribution in [2.75, 3.05) is 13.2 Å². The summed E-state index contributed by atoms with van der Waals surface area (Å²) in [4.78, 5) is 23.7. The first-order chi connectivity index (χ1) is 16.4. The third-order valence-corrected chi connectivity index (χ3v) is 6.04. The first kappa shape index (κ1) is 32.8. The second kappa shape index (κ2) is 23.6. The van der Waals surface area contributed by atoms with Gasteiger partial charge in [0, 0.05) is 0 Å². The van der Waals surface area contributed by atoms with E-state index in [0.29, 0.717) is 12.8 Å². The monoisotopic (exact) mass is 488 g/mol. The molecule has 0 heterocycles. The fourth-order valence-corrected chi connectivity index (χ4v) is 3.78. The molecule has 3 N–H and O–H groups in total. The molecule has 0 saturated carbocycles. The van der Waals surface area contributed by atoms with Crippen molar-refractivity contribution in [2.24, 2.45) is 0 Å². The lowest BCUT2D eigenvalue weighted by atomic mass is 10.1. The lowest BCUT2D eigenvalue weighted by Gasteiger charge is -2.15. The van der Waals surface area contributed by atoms with Crippen LogP contribution in [0.3, 0.4) is 0 Å². The number of rotatable bonds is 24. The summed E-state index contributed by atoms with van der Waals surface area (Å²) in [5.41, 5.74) is 0. The van der Waals surface area contributed by atoms with Crippen molar-refractivity contribution in [2.45, 2.75) is 148 Å². The zero-order chi connectivity index (χ0) is 25.4. The number of ether oxygens (including phenoxy) is 2. The molecule has 0 aromatic carbocycles. The van der Waals surface area contributed by atoms with Gasteiger partial charge in [0.15, 0.2) is 12.2 Å². The smallest absolute Gasteiger partial charge is 0.335 e. The van der Waals surface area contributed by atoms with Crippen LogP contribution in [0.1, 0.15) is 129 Å². The molecule has 202 valence electrons. The molecule has 2 unspecified atom stereocenters. The lowest BCUT2D eigenvalue weighted by Crippen LogP contribution is -2.32. The minimum absolute atomic E-state index is 0.337. The Morgan fingerprint density at radius 3 is 1.15 bits per heavy atom. The highest BCUT2D eigenvalue weighted by Crippen LogP contribution is 2.12. The Morgan fingerprint density at radius 1 is 0.529 bits per heavy atom. The summed E-state index contributed by atoms with van der Waals surface area (Å²) in [5, 5.41) is 29.7. The molecule has 0 radical (unpaired) electrons. The van der Waals surface area contributed by atoms with Crippen LogP contribution in [0.25, 0.3) is 0 Å². The predicted molar refractivity (Wildman–Crippen MR) is 134 cm³/mol. The second-order valence-electron chi connectivity index (χ2n) is 9.47. The van der Waals surface area contributed by atoms with E-state index < -0.39 is 30.3 Å². The minimum atomic E-state index is -1.21. The van der Waals surface area contributed by atoms with Crippen molar-refractivity contribution in [1.82, 2.24) is 0 Å². The van der Waals surface area contributed by atoms with E-state index in [4.69, 9.17) is 9.47 Å². The number of hydrogen-bond donors (Lipinski definition) is 3. The van der Waals surface area contributed by atoms with Crippen LogP contribution in [0, 0.1) is 0 Å². The van der Waals surface area contributed by atoms with Crippen molar-refractivity contribution < 1.29 is 34.4 Å². The summed E-state index contributed by atoms with van der Waals surface area (Å²) in [6, 6.07) is 0. The van der Waals surface area contributed by atoms with Gasteiger partial charge in [0.1, 0.15) is 19.3 Å². The van der Waals surface area contributed by atoms with Crippen molar-refractivity contribution >= 4 is 11.9 Å². The summed E-state index contributed by atoms with van der Waals surface area (Å²) < 4.78 is 9.83. The van der Waals surface area contributed by atoms with Crippen LogP contribution in [-0.4, -0.2) is 58.8 Å². The first-order valence-corrected chi connectivity index (χ1v) is 13.8. The van der Waals surface area contributed by atoms with Crippen molar-refractivity contribution in [3.63, 3.8) is 0 Å². The predicted octanol–water partition coefficient (Wildman–Crippen LogP) is 5.22. The maximum absolute atomic E-state index is 11.8. The van der Waals surface area contributed by atoms with Gasteiger partial charge in [-0.25, -0.2) is 9.59 Å². The van der Waals surface area contributed by atoms with E-state index in [9.17, 15) is 24.9 Å². The Balaban J connectivity index is 3.74. The zero-order valence-corrected chi connectivity index (χ0v) is 21.8. The Bertz CT molecular complexity index is 442. The molecule has 0 aromatic rings. The summed E-state index contributed by atoms with van der Waals surface area (Å²) in [6.07, 6.45) is 15.1. The van der Waals surface area contributed by atoms with Gasteiger partial charge in [-0.05, 0) is 12.8 Å².